The van der Waals surface area contributed by atoms with Gasteiger partial charge in [0.05, 0.1) is 11.5 Å². The van der Waals surface area contributed by atoms with Crippen molar-refractivity contribution in [2.75, 3.05) is 20.1 Å². The van der Waals surface area contributed by atoms with Gasteiger partial charge < -0.3 is 5.32 Å². The molecule has 0 spiro atoms. The molecule has 1 N–H and O–H groups in total. The van der Waals surface area contributed by atoms with Crippen LogP contribution in [0.5, 0.6) is 0 Å². The van der Waals surface area contributed by atoms with Crippen LogP contribution in [0.25, 0.3) is 0 Å². The summed E-state index contributed by atoms with van der Waals surface area (Å²) in [5.41, 5.74) is 2.35. The van der Waals surface area contributed by atoms with E-state index in [1.54, 1.807) is 12.1 Å². The van der Waals surface area contributed by atoms with Crippen molar-refractivity contribution < 1.29 is 9.72 Å². The average molecular weight is 345 g/mol. The van der Waals surface area contributed by atoms with E-state index >= 15 is 0 Å². The Bertz CT molecular complexity index is 643. The fraction of sp³-hybridized carbons (Fsp3) is 0.526. The molecule has 1 aliphatic rings. The first-order chi connectivity index (χ1) is 12.0. The number of nitro benzene ring substituents is 1. The minimum Gasteiger partial charge on any atom is -0.355 e. The van der Waals surface area contributed by atoms with Crippen molar-refractivity contribution >= 4 is 11.6 Å². The Labute approximate surface area is 149 Å². The lowest BCUT2D eigenvalue weighted by atomic mass is 9.97. The van der Waals surface area contributed by atoms with Gasteiger partial charge in [-0.3, -0.25) is 19.8 Å². The van der Waals surface area contributed by atoms with Gasteiger partial charge in [-0.25, -0.2) is 0 Å². The number of rotatable bonds is 8. The van der Waals surface area contributed by atoms with E-state index in [1.165, 1.54) is 24.5 Å². The lowest BCUT2D eigenvalue weighted by molar-refractivity contribution is -0.384. The third-order valence-corrected chi connectivity index (χ3v) is 4.77. The Morgan fingerprint density at radius 1 is 1.40 bits per heavy atom. The highest BCUT2D eigenvalue weighted by Gasteiger charge is 2.17. The molecule has 0 aromatic heterocycles. The molecule has 0 unspecified atom stereocenters. The van der Waals surface area contributed by atoms with Gasteiger partial charge >= 0.3 is 0 Å². The molecule has 0 aliphatic heterocycles. The fourth-order valence-electron chi connectivity index (χ4n) is 3.07. The summed E-state index contributed by atoms with van der Waals surface area (Å²) in [4.78, 5) is 24.5. The second-order valence-corrected chi connectivity index (χ2v) is 6.65. The number of carbonyl (C=O) groups excluding carboxylic acids is 1. The summed E-state index contributed by atoms with van der Waals surface area (Å²) in [6, 6.07) is 6.49. The monoisotopic (exact) mass is 345 g/mol. The van der Waals surface area contributed by atoms with Gasteiger partial charge in [0.15, 0.2) is 0 Å². The van der Waals surface area contributed by atoms with E-state index in [1.807, 2.05) is 24.9 Å². The Morgan fingerprint density at radius 3 is 2.88 bits per heavy atom. The predicted octanol–water partition coefficient (Wildman–Crippen LogP) is 3.59. The lowest BCUT2D eigenvalue weighted by Gasteiger charge is -2.24. The number of nitro groups is 1. The molecule has 25 heavy (non-hydrogen) atoms. The van der Waals surface area contributed by atoms with Crippen molar-refractivity contribution in [2.45, 2.75) is 45.1 Å². The molecular weight excluding hydrogens is 318 g/mol. The summed E-state index contributed by atoms with van der Waals surface area (Å²) >= 11 is 0. The van der Waals surface area contributed by atoms with Crippen molar-refractivity contribution in [3.8, 4) is 0 Å². The average Bonchev–Trinajstić information content (AvgIpc) is 2.62. The molecular formula is C19H27N3O3. The standard InChI is InChI=1S/C19H27N3O3/c1-15(17-9-6-10-18(13-17)22(24)25)21(2)14-19(23)20-12-11-16-7-4-3-5-8-16/h6-7,9-10,13,15H,3-5,8,11-12,14H2,1-2H3,(H,20,23)/t15-/m0/s1. The number of nitrogens with one attached hydrogen (secondary N) is 1. The SMILES string of the molecule is C[C@@H](c1cccc([N+](=O)[O-])c1)N(C)CC(=O)NCCC1=CCCCC1. The molecule has 1 aromatic rings. The number of amides is 1. The van der Waals surface area contributed by atoms with Crippen molar-refractivity contribution in [1.29, 1.82) is 0 Å². The van der Waals surface area contributed by atoms with Gasteiger partial charge in [0.1, 0.15) is 0 Å². The van der Waals surface area contributed by atoms with Gasteiger partial charge in [0.25, 0.3) is 5.69 Å². The van der Waals surface area contributed by atoms with Gasteiger partial charge in [0, 0.05) is 24.7 Å². The van der Waals surface area contributed by atoms with Crippen molar-refractivity contribution in [3.05, 3.63) is 51.6 Å². The van der Waals surface area contributed by atoms with Crippen molar-refractivity contribution in [2.24, 2.45) is 0 Å². The van der Waals surface area contributed by atoms with Gasteiger partial charge in [-0.2, -0.15) is 0 Å². The summed E-state index contributed by atoms with van der Waals surface area (Å²) in [7, 11) is 1.85. The molecule has 1 aromatic carbocycles. The largest absolute Gasteiger partial charge is 0.355 e. The second-order valence-electron chi connectivity index (χ2n) is 6.65. The highest BCUT2D eigenvalue weighted by Crippen LogP contribution is 2.23. The van der Waals surface area contributed by atoms with Crippen molar-refractivity contribution in [3.63, 3.8) is 0 Å². The van der Waals surface area contributed by atoms with E-state index in [0.717, 1.165) is 24.8 Å². The lowest BCUT2D eigenvalue weighted by Crippen LogP contribution is -2.36. The summed E-state index contributed by atoms with van der Waals surface area (Å²) in [6.07, 6.45) is 8.06. The quantitative estimate of drug-likeness (QED) is 0.444. The van der Waals surface area contributed by atoms with Crippen LogP contribution in [0.2, 0.25) is 0 Å². The Balaban J connectivity index is 1.80. The second kappa shape index (κ2) is 9.32. The Morgan fingerprint density at radius 2 is 2.20 bits per heavy atom. The first-order valence-electron chi connectivity index (χ1n) is 8.86. The van der Waals surface area contributed by atoms with E-state index in [-0.39, 0.29) is 24.2 Å². The van der Waals surface area contributed by atoms with E-state index < -0.39 is 4.92 Å². The zero-order valence-corrected chi connectivity index (χ0v) is 15.0. The number of benzene rings is 1. The molecule has 0 bridgehead atoms. The number of non-ortho nitro benzene ring substituents is 1. The molecule has 6 heteroatoms. The first kappa shape index (κ1) is 19.1. The van der Waals surface area contributed by atoms with Crippen LogP contribution < -0.4 is 5.32 Å². The van der Waals surface area contributed by atoms with Crippen LogP contribution in [0.3, 0.4) is 0 Å². The molecule has 0 saturated carbocycles. The smallest absolute Gasteiger partial charge is 0.269 e. The topological polar surface area (TPSA) is 75.5 Å². The van der Waals surface area contributed by atoms with Crippen LogP contribution in [0.1, 0.15) is 50.6 Å². The third-order valence-electron chi connectivity index (χ3n) is 4.77. The van der Waals surface area contributed by atoms with E-state index in [4.69, 9.17) is 0 Å². The summed E-state index contributed by atoms with van der Waals surface area (Å²) < 4.78 is 0. The predicted molar refractivity (Wildman–Crippen MR) is 98.3 cm³/mol. The molecule has 1 aliphatic carbocycles. The van der Waals surface area contributed by atoms with Crippen LogP contribution in [0.15, 0.2) is 35.9 Å². The maximum atomic E-state index is 12.1. The number of hydrogen-bond donors (Lipinski definition) is 1. The maximum absolute atomic E-state index is 12.1. The molecule has 2 rings (SSSR count). The van der Waals surface area contributed by atoms with E-state index in [0.29, 0.717) is 6.54 Å². The third kappa shape index (κ3) is 5.98. The Hall–Kier alpha value is -2.21. The minimum atomic E-state index is -0.400. The fourth-order valence-corrected chi connectivity index (χ4v) is 3.07. The molecule has 0 fully saturated rings. The molecule has 1 atom stereocenters. The number of likely N-dealkylation sites (N-methyl/N-ethyl adjacent to an activating group) is 1. The molecule has 0 radical (unpaired) electrons. The summed E-state index contributed by atoms with van der Waals surface area (Å²) in [5.74, 6) is -0.0174. The van der Waals surface area contributed by atoms with Crippen LogP contribution in [-0.2, 0) is 4.79 Å². The number of allylic oxidation sites excluding steroid dienone is 1. The zero-order chi connectivity index (χ0) is 18.2. The van der Waals surface area contributed by atoms with E-state index in [2.05, 4.69) is 11.4 Å². The van der Waals surface area contributed by atoms with Gasteiger partial charge in [-0.1, -0.05) is 23.8 Å². The molecule has 136 valence electrons. The first-order valence-corrected chi connectivity index (χ1v) is 8.86. The van der Waals surface area contributed by atoms with Gasteiger partial charge in [0.2, 0.25) is 5.91 Å². The molecule has 1 amide bonds. The summed E-state index contributed by atoms with van der Waals surface area (Å²) in [5, 5.41) is 13.9. The van der Waals surface area contributed by atoms with Gasteiger partial charge in [-0.15, -0.1) is 0 Å². The summed E-state index contributed by atoms with van der Waals surface area (Å²) in [6.45, 7) is 2.88. The number of nitrogens with zero attached hydrogens (tertiary/aromatic N) is 2. The van der Waals surface area contributed by atoms with Crippen LogP contribution in [0, 0.1) is 10.1 Å². The van der Waals surface area contributed by atoms with Crippen LogP contribution in [-0.4, -0.2) is 35.9 Å². The van der Waals surface area contributed by atoms with Crippen molar-refractivity contribution in [1.82, 2.24) is 10.2 Å². The Kier molecular flexibility index (Phi) is 7.13. The maximum Gasteiger partial charge on any atom is 0.269 e. The number of hydrogen-bond acceptors (Lipinski definition) is 4. The van der Waals surface area contributed by atoms with E-state index in [9.17, 15) is 14.9 Å². The molecule has 6 nitrogen and oxygen atoms in total. The normalized spacial score (nSPS) is 15.6. The molecule has 0 heterocycles. The van der Waals surface area contributed by atoms with Crippen LogP contribution in [0.4, 0.5) is 5.69 Å². The highest BCUT2D eigenvalue weighted by molar-refractivity contribution is 5.78. The zero-order valence-electron chi connectivity index (χ0n) is 15.0. The van der Waals surface area contributed by atoms with Crippen LogP contribution >= 0.6 is 0 Å². The molecule has 0 saturated heterocycles. The minimum absolute atomic E-state index is 0.0174. The number of carbonyl (C=O) groups is 1. The van der Waals surface area contributed by atoms with Gasteiger partial charge in [-0.05, 0) is 51.6 Å². The highest BCUT2D eigenvalue weighted by atomic mass is 16.6.